The fourth-order valence-electron chi connectivity index (χ4n) is 2.05. The summed E-state index contributed by atoms with van der Waals surface area (Å²) in [5.74, 6) is 0.308. The maximum Gasteiger partial charge on any atom is 0.144 e. The van der Waals surface area contributed by atoms with Gasteiger partial charge in [-0.3, -0.25) is 9.78 Å². The van der Waals surface area contributed by atoms with Crippen LogP contribution in [0.25, 0.3) is 10.8 Å². The van der Waals surface area contributed by atoms with Crippen molar-refractivity contribution >= 4 is 32.5 Å². The van der Waals surface area contributed by atoms with Crippen LogP contribution in [0.15, 0.2) is 36.7 Å². The number of benzene rings is 1. The van der Waals surface area contributed by atoms with Crippen LogP contribution in [0.3, 0.4) is 0 Å². The van der Waals surface area contributed by atoms with E-state index < -0.39 is 0 Å². The predicted octanol–water partition coefficient (Wildman–Crippen LogP) is 3.69. The minimum Gasteiger partial charge on any atom is -0.299 e. The zero-order chi connectivity index (χ0) is 12.4. The number of Topliss-reactive ketones (excluding diaryl/α,β-unsaturated/α-hetero) is 1. The van der Waals surface area contributed by atoms with Crippen molar-refractivity contribution in [2.45, 2.75) is 24.6 Å². The van der Waals surface area contributed by atoms with Crippen LogP contribution in [0.1, 0.15) is 25.3 Å². The normalized spacial score (nSPS) is 14.5. The summed E-state index contributed by atoms with van der Waals surface area (Å²) in [6, 6.07) is 8.12. The lowest BCUT2D eigenvalue weighted by molar-refractivity contribution is -0.116. The van der Waals surface area contributed by atoms with Gasteiger partial charge in [0.15, 0.2) is 0 Å². The molecule has 88 valence electrons. The number of hydrogen-bond donors (Lipinski definition) is 0. The molecular weight excluding hydrogens is 278 g/mol. The Morgan fingerprint density at radius 3 is 2.82 bits per heavy atom. The zero-order valence-corrected chi connectivity index (χ0v) is 11.4. The first kappa shape index (κ1) is 12.2. The molecule has 0 saturated heterocycles. The summed E-state index contributed by atoms with van der Waals surface area (Å²) in [5.41, 5.74) is 1.18. The van der Waals surface area contributed by atoms with Gasteiger partial charge in [-0.05, 0) is 23.9 Å². The Morgan fingerprint density at radius 2 is 2.12 bits per heavy atom. The second-order valence-electron chi connectivity index (χ2n) is 4.25. The molecule has 2 unspecified atom stereocenters. The number of ketones is 1. The van der Waals surface area contributed by atoms with Crippen molar-refractivity contribution in [3.63, 3.8) is 0 Å². The number of halogens is 1. The summed E-state index contributed by atoms with van der Waals surface area (Å²) in [4.78, 5) is 15.4. The van der Waals surface area contributed by atoms with E-state index >= 15 is 0 Å². The summed E-state index contributed by atoms with van der Waals surface area (Å²) in [6.45, 7) is 3.68. The van der Waals surface area contributed by atoms with E-state index in [0.29, 0.717) is 0 Å². The molecule has 1 aromatic carbocycles. The third-order valence-corrected chi connectivity index (χ3v) is 4.47. The highest BCUT2D eigenvalue weighted by Crippen LogP contribution is 2.30. The second-order valence-corrected chi connectivity index (χ2v) is 5.23. The van der Waals surface area contributed by atoms with Crippen LogP contribution in [0, 0.1) is 0 Å². The van der Waals surface area contributed by atoms with Gasteiger partial charge in [0.1, 0.15) is 5.78 Å². The van der Waals surface area contributed by atoms with Crippen molar-refractivity contribution in [3.05, 3.63) is 42.2 Å². The Bertz CT molecular complexity index is 547. The molecule has 0 spiro atoms. The molecule has 2 aromatic rings. The molecule has 0 amide bonds. The van der Waals surface area contributed by atoms with Gasteiger partial charge in [0.2, 0.25) is 0 Å². The molecule has 3 heteroatoms. The van der Waals surface area contributed by atoms with E-state index in [9.17, 15) is 4.79 Å². The highest BCUT2D eigenvalue weighted by atomic mass is 79.9. The van der Waals surface area contributed by atoms with Gasteiger partial charge < -0.3 is 0 Å². The summed E-state index contributed by atoms with van der Waals surface area (Å²) in [5, 5.41) is 2.28. The van der Waals surface area contributed by atoms with Gasteiger partial charge in [-0.2, -0.15) is 0 Å². The number of aromatic nitrogens is 1. The van der Waals surface area contributed by atoms with Gasteiger partial charge in [-0.15, -0.1) is 0 Å². The van der Waals surface area contributed by atoms with Crippen LogP contribution < -0.4 is 0 Å². The van der Waals surface area contributed by atoms with Gasteiger partial charge in [-0.1, -0.05) is 41.1 Å². The molecule has 1 aromatic heterocycles. The van der Waals surface area contributed by atoms with E-state index in [1.165, 1.54) is 10.9 Å². The van der Waals surface area contributed by atoms with E-state index in [1.54, 1.807) is 13.1 Å². The minimum atomic E-state index is -0.138. The van der Waals surface area contributed by atoms with E-state index in [-0.39, 0.29) is 16.5 Å². The molecular formula is C14H14BrNO. The van der Waals surface area contributed by atoms with Crippen molar-refractivity contribution in [3.8, 4) is 0 Å². The molecule has 0 aliphatic rings. The summed E-state index contributed by atoms with van der Waals surface area (Å²) in [7, 11) is 0. The lowest BCUT2D eigenvalue weighted by atomic mass is 9.92. The van der Waals surface area contributed by atoms with E-state index in [4.69, 9.17) is 0 Å². The summed E-state index contributed by atoms with van der Waals surface area (Å²) in [6.07, 6.45) is 3.64. The maximum atomic E-state index is 11.4. The Labute approximate surface area is 109 Å². The van der Waals surface area contributed by atoms with Crippen molar-refractivity contribution < 1.29 is 4.79 Å². The fourth-order valence-corrected chi connectivity index (χ4v) is 2.34. The molecule has 0 N–H and O–H groups in total. The lowest BCUT2D eigenvalue weighted by Crippen LogP contribution is -2.17. The summed E-state index contributed by atoms with van der Waals surface area (Å²) >= 11 is 3.46. The number of nitrogens with zero attached hydrogens (tertiary/aromatic N) is 1. The van der Waals surface area contributed by atoms with Crippen molar-refractivity contribution in [1.29, 1.82) is 0 Å². The van der Waals surface area contributed by atoms with Crippen LogP contribution in [0.5, 0.6) is 0 Å². The molecule has 2 atom stereocenters. The Kier molecular flexibility index (Phi) is 3.57. The van der Waals surface area contributed by atoms with Crippen molar-refractivity contribution in [2.75, 3.05) is 0 Å². The molecule has 2 nitrogen and oxygen atoms in total. The van der Waals surface area contributed by atoms with E-state index in [0.717, 1.165) is 5.39 Å². The number of carbonyl (C=O) groups is 1. The maximum absolute atomic E-state index is 11.4. The van der Waals surface area contributed by atoms with Gasteiger partial charge in [0, 0.05) is 23.7 Å². The Balaban J connectivity index is 2.52. The molecule has 0 saturated carbocycles. The predicted molar refractivity (Wildman–Crippen MR) is 73.6 cm³/mol. The van der Waals surface area contributed by atoms with Gasteiger partial charge in [-0.25, -0.2) is 0 Å². The first-order valence-corrected chi connectivity index (χ1v) is 6.50. The molecule has 0 bridgehead atoms. The van der Waals surface area contributed by atoms with Crippen LogP contribution in [0.4, 0.5) is 0 Å². The molecule has 1 heterocycles. The lowest BCUT2D eigenvalue weighted by Gasteiger charge is -2.18. The van der Waals surface area contributed by atoms with Crippen molar-refractivity contribution in [1.82, 2.24) is 4.98 Å². The average Bonchev–Trinajstić information content (AvgIpc) is 2.36. The third kappa shape index (κ3) is 2.39. The molecule has 0 fully saturated rings. The molecule has 2 rings (SSSR count). The van der Waals surface area contributed by atoms with Gasteiger partial charge >= 0.3 is 0 Å². The van der Waals surface area contributed by atoms with E-state index in [1.807, 2.05) is 24.4 Å². The number of alkyl halides is 1. The molecule has 0 aliphatic carbocycles. The largest absolute Gasteiger partial charge is 0.299 e. The minimum absolute atomic E-state index is 0.138. The second kappa shape index (κ2) is 4.96. The highest BCUT2D eigenvalue weighted by molar-refractivity contribution is 9.10. The first-order valence-electron chi connectivity index (χ1n) is 5.58. The van der Waals surface area contributed by atoms with E-state index in [2.05, 4.69) is 33.9 Å². The number of fused-ring (bicyclic) bond motifs is 1. The zero-order valence-electron chi connectivity index (χ0n) is 9.85. The van der Waals surface area contributed by atoms with Crippen LogP contribution in [-0.4, -0.2) is 15.6 Å². The quantitative estimate of drug-likeness (QED) is 0.808. The topological polar surface area (TPSA) is 30.0 Å². The van der Waals surface area contributed by atoms with Crippen LogP contribution in [0.2, 0.25) is 0 Å². The fraction of sp³-hybridized carbons (Fsp3) is 0.286. The van der Waals surface area contributed by atoms with Crippen LogP contribution >= 0.6 is 15.9 Å². The van der Waals surface area contributed by atoms with Crippen LogP contribution in [-0.2, 0) is 4.79 Å². The third-order valence-electron chi connectivity index (χ3n) is 3.03. The SMILES string of the molecule is CC(=O)C(Br)C(C)c1cccc2cnccc12. The van der Waals surface area contributed by atoms with Gasteiger partial charge in [0.25, 0.3) is 0 Å². The number of carbonyl (C=O) groups excluding carboxylic acids is 1. The molecule has 0 radical (unpaired) electrons. The molecule has 0 aliphatic heterocycles. The average molecular weight is 292 g/mol. The van der Waals surface area contributed by atoms with Crippen molar-refractivity contribution in [2.24, 2.45) is 0 Å². The first-order chi connectivity index (χ1) is 8.11. The smallest absolute Gasteiger partial charge is 0.144 e. The number of pyridine rings is 1. The Morgan fingerprint density at radius 1 is 1.35 bits per heavy atom. The molecule has 17 heavy (non-hydrogen) atoms. The standard InChI is InChI=1S/C14H14BrNO/c1-9(14(15)10(2)17)12-5-3-4-11-8-16-7-6-13(11)12/h3-9,14H,1-2H3. The highest BCUT2D eigenvalue weighted by Gasteiger charge is 2.21. The van der Waals surface area contributed by atoms with Gasteiger partial charge in [0.05, 0.1) is 4.83 Å². The monoisotopic (exact) mass is 291 g/mol. The Hall–Kier alpha value is -1.22. The number of hydrogen-bond acceptors (Lipinski definition) is 2. The summed E-state index contributed by atoms with van der Waals surface area (Å²) < 4.78 is 0. The number of rotatable bonds is 3.